The van der Waals surface area contributed by atoms with Crippen molar-refractivity contribution in [3.8, 4) is 11.5 Å². The van der Waals surface area contributed by atoms with Gasteiger partial charge in [-0.15, -0.1) is 0 Å². The summed E-state index contributed by atoms with van der Waals surface area (Å²) in [5.74, 6) is -7.63. The summed E-state index contributed by atoms with van der Waals surface area (Å²) in [7, 11) is 0. The highest BCUT2D eigenvalue weighted by Crippen LogP contribution is 2.32. The van der Waals surface area contributed by atoms with Gasteiger partial charge in [0.25, 0.3) is 0 Å². The van der Waals surface area contributed by atoms with Gasteiger partial charge < -0.3 is 68.9 Å². The van der Waals surface area contributed by atoms with Gasteiger partial charge in [0, 0.05) is 60.8 Å². The standard InChI is InChI=1S/C38H37NO9.C24H25NO9/c1-3-39(4-2)27-19-20-30(31(40)21-27)33(42)28-17-11-12-18-29(28)37(43)47-24-32(41)34-35(45-22-25-13-7-5-8-14-25)36(38(44)48-34)46-23-26-15-9-6-10-16-26;1-3-25(4-2)13-9-10-16(17(26)11-13)19(28)14-7-5-6-8-15(14)23(31)33-12-18(27)22-20(29)21(30)24(32)34-22/h5-21,32,34,40-41H,3-4,22-24H2,1-2H3;5-11,18,22,26-27,29-30H,3-4,12H2,1-2H3. The Balaban J connectivity index is 0.000000251. The molecule has 82 heavy (non-hydrogen) atoms. The van der Waals surface area contributed by atoms with Gasteiger partial charge in [-0.2, -0.15) is 0 Å². The minimum absolute atomic E-state index is 0.000376. The van der Waals surface area contributed by atoms with Crippen molar-refractivity contribution in [3.63, 3.8) is 0 Å². The summed E-state index contributed by atoms with van der Waals surface area (Å²) in [6.07, 6.45) is -6.09. The molecular formula is C62H62N2O18. The Morgan fingerprint density at radius 3 is 1.28 bits per heavy atom. The number of benzene rings is 6. The van der Waals surface area contributed by atoms with Crippen LogP contribution < -0.4 is 9.80 Å². The van der Waals surface area contributed by atoms with Crippen molar-refractivity contribution in [1.29, 1.82) is 0 Å². The molecule has 20 nitrogen and oxygen atoms in total. The number of hydrogen-bond acceptors (Lipinski definition) is 20. The number of ether oxygens (including phenoxy) is 6. The van der Waals surface area contributed by atoms with Crippen LogP contribution in [-0.2, 0) is 51.2 Å². The maximum Gasteiger partial charge on any atom is 0.378 e. The second-order valence-corrected chi connectivity index (χ2v) is 18.5. The second-order valence-electron chi connectivity index (χ2n) is 18.5. The van der Waals surface area contributed by atoms with Crippen LogP contribution in [-0.4, -0.2) is 130 Å². The van der Waals surface area contributed by atoms with Gasteiger partial charge in [0.2, 0.25) is 11.5 Å². The van der Waals surface area contributed by atoms with E-state index < -0.39 is 84.6 Å². The Kier molecular flexibility index (Phi) is 20.5. The predicted octanol–water partition coefficient (Wildman–Crippen LogP) is 7.80. The zero-order valence-electron chi connectivity index (χ0n) is 45.3. The smallest absolute Gasteiger partial charge is 0.378 e. The summed E-state index contributed by atoms with van der Waals surface area (Å²) in [6.45, 7) is 9.63. The summed E-state index contributed by atoms with van der Waals surface area (Å²) in [4.78, 5) is 80.7. The van der Waals surface area contributed by atoms with E-state index in [1.54, 1.807) is 30.3 Å². The zero-order chi connectivity index (χ0) is 59.0. The summed E-state index contributed by atoms with van der Waals surface area (Å²) >= 11 is 0. The topological polar surface area (TPSA) is 286 Å². The SMILES string of the molecule is CCN(CC)c1ccc(C(=O)c2ccccc2C(=O)OCC(O)C2OC(=O)C(O)=C2O)c(O)c1.CCN(CC)c1ccc(C(=O)c2ccccc2C(=O)OCC(O)C2OC(=O)C(OCc3ccccc3)=C2OCc2ccccc2)c(O)c1. The molecule has 0 saturated carbocycles. The van der Waals surface area contributed by atoms with E-state index in [0.29, 0.717) is 0 Å². The number of anilines is 2. The number of carbonyl (C=O) groups excluding carboxylic acids is 6. The monoisotopic (exact) mass is 1120 g/mol. The van der Waals surface area contributed by atoms with E-state index in [4.69, 9.17) is 23.7 Å². The number of aromatic hydroxyl groups is 2. The van der Waals surface area contributed by atoms with Crippen molar-refractivity contribution >= 4 is 46.8 Å². The molecule has 8 rings (SSSR count). The van der Waals surface area contributed by atoms with E-state index in [1.165, 1.54) is 54.6 Å². The zero-order valence-corrected chi connectivity index (χ0v) is 45.3. The number of carbonyl (C=O) groups is 6. The first-order valence-electron chi connectivity index (χ1n) is 26.2. The van der Waals surface area contributed by atoms with Crippen LogP contribution in [0.25, 0.3) is 0 Å². The van der Waals surface area contributed by atoms with E-state index in [0.717, 1.165) is 48.7 Å². The van der Waals surface area contributed by atoms with E-state index in [9.17, 15) is 59.4 Å². The lowest BCUT2D eigenvalue weighted by Crippen LogP contribution is -2.34. The number of cyclic esters (lactones) is 2. The van der Waals surface area contributed by atoms with Gasteiger partial charge in [-0.3, -0.25) is 9.59 Å². The molecule has 6 aromatic rings. The van der Waals surface area contributed by atoms with Crippen molar-refractivity contribution in [3.05, 3.63) is 213 Å². The van der Waals surface area contributed by atoms with Crippen molar-refractivity contribution in [2.75, 3.05) is 49.2 Å². The molecule has 428 valence electrons. The third kappa shape index (κ3) is 14.2. The molecule has 0 aromatic heterocycles. The van der Waals surface area contributed by atoms with E-state index in [-0.39, 0.29) is 69.6 Å². The number of aliphatic hydroxyl groups is 4. The van der Waals surface area contributed by atoms with Crippen molar-refractivity contribution in [2.24, 2.45) is 0 Å². The quantitative estimate of drug-likeness (QED) is 0.0191. The van der Waals surface area contributed by atoms with Crippen LogP contribution in [0.15, 0.2) is 169 Å². The first kappa shape index (κ1) is 60.0. The lowest BCUT2D eigenvalue weighted by molar-refractivity contribution is -0.149. The highest BCUT2D eigenvalue weighted by Gasteiger charge is 2.43. The van der Waals surface area contributed by atoms with Crippen LogP contribution in [0.5, 0.6) is 11.5 Å². The number of nitrogens with zero attached hydrogens (tertiary/aromatic N) is 2. The third-order valence-electron chi connectivity index (χ3n) is 13.3. The lowest BCUT2D eigenvalue weighted by Gasteiger charge is -2.21. The number of phenols is 2. The molecule has 0 bridgehead atoms. The number of hydrogen-bond donors (Lipinski definition) is 6. The van der Waals surface area contributed by atoms with Crippen LogP contribution in [0.4, 0.5) is 11.4 Å². The molecule has 0 radical (unpaired) electrons. The molecule has 0 aliphatic carbocycles. The number of phenolic OH excluding ortho intramolecular Hbond substituents is 2. The van der Waals surface area contributed by atoms with Crippen molar-refractivity contribution in [1.82, 2.24) is 0 Å². The van der Waals surface area contributed by atoms with Crippen LogP contribution in [0.3, 0.4) is 0 Å². The average molecular weight is 1120 g/mol. The van der Waals surface area contributed by atoms with Crippen molar-refractivity contribution in [2.45, 2.75) is 65.3 Å². The molecule has 6 N–H and O–H groups in total. The predicted molar refractivity (Wildman–Crippen MR) is 297 cm³/mol. The molecule has 0 fully saturated rings. The molecule has 0 saturated heterocycles. The Morgan fingerprint density at radius 1 is 0.488 bits per heavy atom. The third-order valence-corrected chi connectivity index (χ3v) is 13.3. The fourth-order valence-electron chi connectivity index (χ4n) is 8.83. The maximum atomic E-state index is 13.5. The fourth-order valence-corrected chi connectivity index (χ4v) is 8.83. The molecule has 4 atom stereocenters. The molecule has 4 unspecified atom stereocenters. The molecule has 20 heteroatoms. The number of aliphatic hydroxyl groups excluding tert-OH is 4. The van der Waals surface area contributed by atoms with E-state index >= 15 is 0 Å². The maximum absolute atomic E-state index is 13.5. The Labute approximate surface area is 472 Å². The van der Waals surface area contributed by atoms with Crippen LogP contribution in [0.2, 0.25) is 0 Å². The first-order valence-corrected chi connectivity index (χ1v) is 26.2. The minimum Gasteiger partial charge on any atom is -0.507 e. The Hall–Kier alpha value is -9.66. The van der Waals surface area contributed by atoms with Gasteiger partial charge in [0.1, 0.15) is 50.1 Å². The minimum atomic E-state index is -1.66. The van der Waals surface area contributed by atoms with Crippen LogP contribution in [0, 0.1) is 0 Å². The van der Waals surface area contributed by atoms with Crippen molar-refractivity contribution < 1.29 is 87.8 Å². The molecular weight excluding hydrogens is 1060 g/mol. The van der Waals surface area contributed by atoms with E-state index in [2.05, 4.69) is 4.74 Å². The number of rotatable bonds is 24. The summed E-state index contributed by atoms with van der Waals surface area (Å²) in [6, 6.07) is 39.7. The lowest BCUT2D eigenvalue weighted by atomic mass is 9.97. The molecule has 2 aliphatic heterocycles. The molecule has 0 amide bonds. The van der Waals surface area contributed by atoms with Gasteiger partial charge in [-0.1, -0.05) is 97.1 Å². The van der Waals surface area contributed by atoms with Gasteiger partial charge in [0.15, 0.2) is 35.3 Å². The van der Waals surface area contributed by atoms with Gasteiger partial charge in [0.05, 0.1) is 22.3 Å². The van der Waals surface area contributed by atoms with E-state index in [1.807, 2.05) is 98.2 Å². The molecule has 6 aromatic carbocycles. The van der Waals surface area contributed by atoms with Gasteiger partial charge in [-0.05, 0) is 75.2 Å². The normalized spacial score (nSPS) is 15.3. The molecule has 2 heterocycles. The molecule has 0 spiro atoms. The van der Waals surface area contributed by atoms with Gasteiger partial charge >= 0.3 is 23.9 Å². The highest BCUT2D eigenvalue weighted by atomic mass is 16.6. The number of esters is 4. The second kappa shape index (κ2) is 28.0. The average Bonchev–Trinajstić information content (AvgIpc) is 4.00. The van der Waals surface area contributed by atoms with Crippen LogP contribution in [0.1, 0.15) is 91.4 Å². The first-order chi connectivity index (χ1) is 39.5. The Morgan fingerprint density at radius 2 is 0.878 bits per heavy atom. The van der Waals surface area contributed by atoms with Gasteiger partial charge in [-0.25, -0.2) is 19.2 Å². The fraction of sp³-hybridized carbons (Fsp3) is 0.258. The summed E-state index contributed by atoms with van der Waals surface area (Å²) in [5.41, 5.74) is 2.96. The molecule has 2 aliphatic rings. The summed E-state index contributed by atoms with van der Waals surface area (Å²) < 4.78 is 32.3. The number of ketones is 2. The largest absolute Gasteiger partial charge is 0.507 e. The Bertz CT molecular complexity index is 3330. The highest BCUT2D eigenvalue weighted by molar-refractivity contribution is 6.16. The van der Waals surface area contributed by atoms with Crippen LogP contribution >= 0.6 is 0 Å². The summed E-state index contributed by atoms with van der Waals surface area (Å²) in [5, 5.41) is 61.4.